The second-order valence-corrected chi connectivity index (χ2v) is 6.66. The van der Waals surface area contributed by atoms with Gasteiger partial charge in [-0.05, 0) is 36.6 Å². The predicted molar refractivity (Wildman–Crippen MR) is 97.1 cm³/mol. The summed E-state index contributed by atoms with van der Waals surface area (Å²) in [7, 11) is 0. The molecule has 1 aliphatic heterocycles. The fourth-order valence-electron chi connectivity index (χ4n) is 2.80. The van der Waals surface area contributed by atoms with Crippen LogP contribution in [0.2, 0.25) is 5.02 Å². The van der Waals surface area contributed by atoms with Gasteiger partial charge in [0.05, 0.1) is 0 Å². The third-order valence-corrected chi connectivity index (χ3v) is 4.58. The van der Waals surface area contributed by atoms with Crippen molar-refractivity contribution in [3.8, 4) is 0 Å². The first kappa shape index (κ1) is 17.9. The van der Waals surface area contributed by atoms with Crippen LogP contribution in [0.25, 0.3) is 0 Å². The normalized spacial score (nSPS) is 19.4. The van der Waals surface area contributed by atoms with E-state index in [0.717, 1.165) is 10.6 Å². The van der Waals surface area contributed by atoms with Gasteiger partial charge in [0.2, 0.25) is 5.91 Å². The molecule has 3 rings (SSSR count). The molecule has 1 unspecified atom stereocenters. The average Bonchev–Trinajstić information content (AvgIpc) is 2.86. The number of nitrogens with zero attached hydrogens (tertiary/aromatic N) is 1. The standard InChI is InChI=1S/C19H18ClN3O3/c1-19(14-5-3-2-4-6-14)17(25)23(18(26)21-19)22-16(24)12-9-13-7-10-15(20)11-8-13/h2-8,10-11H,9,12H2,1H3,(H,21,26)(H,22,24). The zero-order chi connectivity index (χ0) is 18.7. The molecule has 4 amide bonds. The summed E-state index contributed by atoms with van der Waals surface area (Å²) in [4.78, 5) is 37.1. The lowest BCUT2D eigenvalue weighted by Crippen LogP contribution is -2.48. The number of carbonyl (C=O) groups excluding carboxylic acids is 3. The Hall–Kier alpha value is -2.86. The maximum atomic E-state index is 12.7. The lowest BCUT2D eigenvalue weighted by Gasteiger charge is -2.22. The zero-order valence-electron chi connectivity index (χ0n) is 14.2. The monoisotopic (exact) mass is 371 g/mol. The number of benzene rings is 2. The van der Waals surface area contributed by atoms with Crippen molar-refractivity contribution in [2.24, 2.45) is 0 Å². The van der Waals surface area contributed by atoms with Gasteiger partial charge in [0.15, 0.2) is 0 Å². The first-order chi connectivity index (χ1) is 12.4. The van der Waals surface area contributed by atoms with Crippen molar-refractivity contribution in [3.63, 3.8) is 0 Å². The van der Waals surface area contributed by atoms with Crippen LogP contribution in [0, 0.1) is 0 Å². The summed E-state index contributed by atoms with van der Waals surface area (Å²) in [5, 5.41) is 4.01. The number of imide groups is 1. The van der Waals surface area contributed by atoms with Crippen molar-refractivity contribution >= 4 is 29.4 Å². The Kier molecular flexibility index (Phi) is 4.95. The Morgan fingerprint density at radius 2 is 1.77 bits per heavy atom. The van der Waals surface area contributed by atoms with Crippen LogP contribution in [0.5, 0.6) is 0 Å². The summed E-state index contributed by atoms with van der Waals surface area (Å²) >= 11 is 5.83. The fourth-order valence-corrected chi connectivity index (χ4v) is 2.92. The van der Waals surface area contributed by atoms with Gasteiger partial charge in [-0.2, -0.15) is 5.01 Å². The Morgan fingerprint density at radius 3 is 2.42 bits per heavy atom. The maximum Gasteiger partial charge on any atom is 0.344 e. The molecule has 0 spiro atoms. The molecule has 0 aromatic heterocycles. The summed E-state index contributed by atoms with van der Waals surface area (Å²) in [6, 6.07) is 15.4. The molecule has 1 atom stereocenters. The van der Waals surface area contributed by atoms with E-state index >= 15 is 0 Å². The lowest BCUT2D eigenvalue weighted by molar-refractivity contribution is -0.138. The molecule has 0 bridgehead atoms. The van der Waals surface area contributed by atoms with E-state index in [2.05, 4.69) is 10.7 Å². The number of hydrogen-bond donors (Lipinski definition) is 2. The molecule has 6 nitrogen and oxygen atoms in total. The number of urea groups is 1. The van der Waals surface area contributed by atoms with Gasteiger partial charge in [0.25, 0.3) is 5.91 Å². The molecule has 2 aromatic carbocycles. The third-order valence-electron chi connectivity index (χ3n) is 4.33. The molecular weight excluding hydrogens is 354 g/mol. The Morgan fingerprint density at radius 1 is 1.12 bits per heavy atom. The van der Waals surface area contributed by atoms with E-state index in [-0.39, 0.29) is 6.42 Å². The summed E-state index contributed by atoms with van der Waals surface area (Å²) in [5.74, 6) is -0.936. The van der Waals surface area contributed by atoms with Crippen LogP contribution in [-0.2, 0) is 21.5 Å². The number of amides is 4. The second-order valence-electron chi connectivity index (χ2n) is 6.22. The highest BCUT2D eigenvalue weighted by molar-refractivity contribution is 6.30. The summed E-state index contributed by atoms with van der Waals surface area (Å²) < 4.78 is 0. The van der Waals surface area contributed by atoms with Crippen molar-refractivity contribution in [1.82, 2.24) is 15.8 Å². The van der Waals surface area contributed by atoms with Gasteiger partial charge in [-0.3, -0.25) is 15.0 Å². The largest absolute Gasteiger partial charge is 0.344 e. The second kappa shape index (κ2) is 7.17. The number of aryl methyl sites for hydroxylation is 1. The van der Waals surface area contributed by atoms with Crippen LogP contribution < -0.4 is 10.7 Å². The van der Waals surface area contributed by atoms with Crippen molar-refractivity contribution in [2.75, 3.05) is 0 Å². The molecule has 7 heteroatoms. The SMILES string of the molecule is CC1(c2ccccc2)NC(=O)N(NC(=O)CCc2ccc(Cl)cc2)C1=O. The van der Waals surface area contributed by atoms with Crippen LogP contribution in [0.3, 0.4) is 0 Å². The lowest BCUT2D eigenvalue weighted by atomic mass is 9.92. The molecule has 0 saturated carbocycles. The summed E-state index contributed by atoms with van der Waals surface area (Å²) in [6.07, 6.45) is 0.614. The molecule has 0 aliphatic carbocycles. The van der Waals surface area contributed by atoms with E-state index in [9.17, 15) is 14.4 Å². The maximum absolute atomic E-state index is 12.7. The average molecular weight is 372 g/mol. The minimum absolute atomic E-state index is 0.140. The first-order valence-corrected chi connectivity index (χ1v) is 8.54. The summed E-state index contributed by atoms with van der Waals surface area (Å²) in [5.41, 5.74) is 2.78. The van der Waals surface area contributed by atoms with Crippen LogP contribution in [-0.4, -0.2) is 22.9 Å². The minimum atomic E-state index is -1.21. The molecule has 0 radical (unpaired) electrons. The van der Waals surface area contributed by atoms with Gasteiger partial charge in [-0.1, -0.05) is 54.1 Å². The van der Waals surface area contributed by atoms with Crippen molar-refractivity contribution in [2.45, 2.75) is 25.3 Å². The highest BCUT2D eigenvalue weighted by Crippen LogP contribution is 2.27. The van der Waals surface area contributed by atoms with Gasteiger partial charge in [-0.15, -0.1) is 0 Å². The Balaban J connectivity index is 1.64. The number of hydrazine groups is 1. The van der Waals surface area contributed by atoms with E-state index in [1.807, 2.05) is 18.2 Å². The topological polar surface area (TPSA) is 78.5 Å². The smallest absolute Gasteiger partial charge is 0.318 e. The Labute approximate surface area is 156 Å². The van der Waals surface area contributed by atoms with Crippen molar-refractivity contribution in [3.05, 3.63) is 70.7 Å². The van der Waals surface area contributed by atoms with Crippen molar-refractivity contribution in [1.29, 1.82) is 0 Å². The van der Waals surface area contributed by atoms with E-state index in [1.165, 1.54) is 0 Å². The molecular formula is C19H18ClN3O3. The highest BCUT2D eigenvalue weighted by atomic mass is 35.5. The predicted octanol–water partition coefficient (Wildman–Crippen LogP) is 2.77. The first-order valence-electron chi connectivity index (χ1n) is 8.16. The number of halogens is 1. The Bertz CT molecular complexity index is 839. The van der Waals surface area contributed by atoms with Crippen molar-refractivity contribution < 1.29 is 14.4 Å². The molecule has 2 N–H and O–H groups in total. The fraction of sp³-hybridized carbons (Fsp3) is 0.211. The summed E-state index contributed by atoms with van der Waals surface area (Å²) in [6.45, 7) is 1.61. The van der Waals surface area contributed by atoms with Crippen LogP contribution >= 0.6 is 11.6 Å². The van der Waals surface area contributed by atoms with E-state index in [1.54, 1.807) is 43.3 Å². The number of nitrogens with one attached hydrogen (secondary N) is 2. The number of rotatable bonds is 5. The van der Waals surface area contributed by atoms with E-state index in [4.69, 9.17) is 11.6 Å². The molecule has 1 aliphatic rings. The van der Waals surface area contributed by atoms with Crippen LogP contribution in [0.4, 0.5) is 4.79 Å². The minimum Gasteiger partial charge on any atom is -0.318 e. The number of hydrogen-bond acceptors (Lipinski definition) is 3. The molecule has 1 fully saturated rings. The van der Waals surface area contributed by atoms with E-state index in [0.29, 0.717) is 17.0 Å². The molecule has 1 heterocycles. The quantitative estimate of drug-likeness (QED) is 0.793. The number of carbonyl (C=O) groups is 3. The van der Waals surface area contributed by atoms with Crippen LogP contribution in [0.1, 0.15) is 24.5 Å². The van der Waals surface area contributed by atoms with Gasteiger partial charge in [0.1, 0.15) is 5.54 Å². The molecule has 2 aromatic rings. The van der Waals surface area contributed by atoms with E-state index < -0.39 is 23.4 Å². The van der Waals surface area contributed by atoms with Gasteiger partial charge < -0.3 is 5.32 Å². The van der Waals surface area contributed by atoms with Gasteiger partial charge in [0, 0.05) is 11.4 Å². The van der Waals surface area contributed by atoms with Gasteiger partial charge >= 0.3 is 6.03 Å². The third kappa shape index (κ3) is 3.55. The van der Waals surface area contributed by atoms with Crippen LogP contribution in [0.15, 0.2) is 54.6 Å². The highest BCUT2D eigenvalue weighted by Gasteiger charge is 2.49. The molecule has 134 valence electrons. The van der Waals surface area contributed by atoms with Gasteiger partial charge in [-0.25, -0.2) is 4.79 Å². The molecule has 1 saturated heterocycles. The molecule has 26 heavy (non-hydrogen) atoms. The zero-order valence-corrected chi connectivity index (χ0v) is 14.9.